The van der Waals surface area contributed by atoms with Crippen LogP contribution < -0.4 is 9.47 Å². The van der Waals surface area contributed by atoms with Gasteiger partial charge in [-0.2, -0.15) is 0 Å². The molecule has 0 amide bonds. The number of rotatable bonds is 2. The van der Waals surface area contributed by atoms with Gasteiger partial charge in [0, 0.05) is 23.6 Å². The van der Waals surface area contributed by atoms with Crippen LogP contribution in [0.2, 0.25) is 0 Å². The minimum Gasteiger partial charge on any atom is -0.454 e. The van der Waals surface area contributed by atoms with Crippen LogP contribution in [-0.4, -0.2) is 24.3 Å². The van der Waals surface area contributed by atoms with Gasteiger partial charge in [-0.3, -0.25) is 4.90 Å². The van der Waals surface area contributed by atoms with Crippen molar-refractivity contribution in [2.75, 3.05) is 13.3 Å². The number of halogens is 1. The molecule has 3 nitrogen and oxygen atoms in total. The van der Waals surface area contributed by atoms with Crippen molar-refractivity contribution in [3.63, 3.8) is 0 Å². The summed E-state index contributed by atoms with van der Waals surface area (Å²) in [6.45, 7) is 2.50. The molecule has 0 aromatic heterocycles. The second-order valence-corrected chi connectivity index (χ2v) is 6.60. The van der Waals surface area contributed by atoms with E-state index in [1.807, 2.05) is 6.07 Å². The zero-order valence-corrected chi connectivity index (χ0v) is 13.0. The monoisotopic (exact) mass is 335 g/mol. The molecule has 20 heavy (non-hydrogen) atoms. The van der Waals surface area contributed by atoms with Crippen LogP contribution in [0.4, 0.5) is 0 Å². The van der Waals surface area contributed by atoms with E-state index in [9.17, 15) is 0 Å². The Bertz CT molecular complexity index is 570. The molecular weight excluding hydrogens is 318 g/mol. The molecule has 0 N–H and O–H groups in total. The minimum atomic E-state index is 0.338. The van der Waals surface area contributed by atoms with Crippen LogP contribution in [0.25, 0.3) is 0 Å². The predicted octanol–water partition coefficient (Wildman–Crippen LogP) is 3.86. The average molecular weight is 336 g/mol. The van der Waals surface area contributed by atoms with E-state index < -0.39 is 0 Å². The van der Waals surface area contributed by atoms with Gasteiger partial charge >= 0.3 is 0 Å². The van der Waals surface area contributed by atoms with Gasteiger partial charge in [-0.05, 0) is 43.4 Å². The molecule has 0 radical (unpaired) electrons. The Morgan fingerprint density at radius 1 is 1.25 bits per heavy atom. The standard InChI is InChI=1S/C16H18BrNO2/c17-13-8-16-15(19-10-20-16)7-12(13)9-18-6-5-11-3-1-2-4-14(11)18/h3,7-8,14H,1-2,4-6,9-10H2. The summed E-state index contributed by atoms with van der Waals surface area (Å²) in [5, 5.41) is 0. The van der Waals surface area contributed by atoms with Crippen molar-refractivity contribution in [2.24, 2.45) is 0 Å². The minimum absolute atomic E-state index is 0.338. The van der Waals surface area contributed by atoms with Gasteiger partial charge in [0.25, 0.3) is 0 Å². The van der Waals surface area contributed by atoms with E-state index in [1.54, 1.807) is 5.57 Å². The fourth-order valence-electron chi connectivity index (χ4n) is 3.52. The maximum absolute atomic E-state index is 5.49. The Hall–Kier alpha value is -1.00. The van der Waals surface area contributed by atoms with Gasteiger partial charge < -0.3 is 9.47 Å². The van der Waals surface area contributed by atoms with E-state index >= 15 is 0 Å². The van der Waals surface area contributed by atoms with Crippen LogP contribution in [0.5, 0.6) is 11.5 Å². The summed E-state index contributed by atoms with van der Waals surface area (Å²) in [5.74, 6) is 1.72. The highest BCUT2D eigenvalue weighted by Crippen LogP contribution is 2.39. The Morgan fingerprint density at radius 3 is 3.00 bits per heavy atom. The summed E-state index contributed by atoms with van der Waals surface area (Å²) in [5.41, 5.74) is 2.95. The number of benzene rings is 1. The Labute approximate surface area is 127 Å². The number of ether oxygens (including phenoxy) is 2. The zero-order valence-electron chi connectivity index (χ0n) is 11.4. The third-order valence-electron chi connectivity index (χ3n) is 4.56. The molecule has 4 heteroatoms. The highest BCUT2D eigenvalue weighted by Gasteiger charge is 2.30. The van der Waals surface area contributed by atoms with Crippen molar-refractivity contribution in [1.82, 2.24) is 4.90 Å². The van der Waals surface area contributed by atoms with Crippen LogP contribution in [-0.2, 0) is 6.54 Å². The highest BCUT2D eigenvalue weighted by atomic mass is 79.9. The first kappa shape index (κ1) is 12.7. The number of allylic oxidation sites excluding steroid dienone is 1. The molecule has 0 spiro atoms. The maximum atomic E-state index is 5.49. The summed E-state index contributed by atoms with van der Waals surface area (Å²) in [7, 11) is 0. The van der Waals surface area contributed by atoms with E-state index in [-0.39, 0.29) is 0 Å². The molecule has 0 bridgehead atoms. The van der Waals surface area contributed by atoms with Gasteiger partial charge in [-0.15, -0.1) is 0 Å². The van der Waals surface area contributed by atoms with E-state index in [1.165, 1.54) is 37.8 Å². The molecule has 1 atom stereocenters. The lowest BCUT2D eigenvalue weighted by Gasteiger charge is -2.27. The Balaban J connectivity index is 1.57. The number of hydrogen-bond acceptors (Lipinski definition) is 3. The first-order chi connectivity index (χ1) is 9.81. The summed E-state index contributed by atoms with van der Waals surface area (Å²) in [4.78, 5) is 2.60. The number of hydrogen-bond donors (Lipinski definition) is 0. The first-order valence-corrected chi connectivity index (χ1v) is 8.11. The Kier molecular flexibility index (Phi) is 3.23. The van der Waals surface area contributed by atoms with E-state index in [2.05, 4.69) is 33.0 Å². The number of likely N-dealkylation sites (tertiary alicyclic amines) is 1. The number of fused-ring (bicyclic) bond motifs is 2. The average Bonchev–Trinajstić information content (AvgIpc) is 3.06. The van der Waals surface area contributed by atoms with Crippen molar-refractivity contribution >= 4 is 15.9 Å². The van der Waals surface area contributed by atoms with Gasteiger partial charge in [0.2, 0.25) is 6.79 Å². The van der Waals surface area contributed by atoms with Crippen molar-refractivity contribution < 1.29 is 9.47 Å². The first-order valence-electron chi connectivity index (χ1n) is 7.32. The van der Waals surface area contributed by atoms with Gasteiger partial charge in [-0.1, -0.05) is 27.6 Å². The molecule has 1 fully saturated rings. The summed E-state index contributed by atoms with van der Waals surface area (Å²) in [6, 6.07) is 4.82. The quantitative estimate of drug-likeness (QED) is 0.766. The fraction of sp³-hybridized carbons (Fsp3) is 0.500. The smallest absolute Gasteiger partial charge is 0.231 e. The van der Waals surface area contributed by atoms with Crippen LogP contribution in [0, 0.1) is 0 Å². The lowest BCUT2D eigenvalue weighted by Crippen LogP contribution is -2.30. The molecule has 4 rings (SSSR count). The van der Waals surface area contributed by atoms with Crippen LogP contribution >= 0.6 is 15.9 Å². The molecule has 1 unspecified atom stereocenters. The van der Waals surface area contributed by atoms with Gasteiger partial charge in [0.1, 0.15) is 0 Å². The van der Waals surface area contributed by atoms with Crippen molar-refractivity contribution in [3.8, 4) is 11.5 Å². The second kappa shape index (κ2) is 5.08. The van der Waals surface area contributed by atoms with Crippen molar-refractivity contribution in [3.05, 3.63) is 33.8 Å². The summed E-state index contributed by atoms with van der Waals surface area (Å²) < 4.78 is 12.0. The van der Waals surface area contributed by atoms with E-state index in [0.717, 1.165) is 22.5 Å². The van der Waals surface area contributed by atoms with Crippen molar-refractivity contribution in [2.45, 2.75) is 38.3 Å². The Morgan fingerprint density at radius 2 is 2.10 bits per heavy atom. The molecule has 1 aliphatic carbocycles. The molecule has 3 aliphatic rings. The lowest BCUT2D eigenvalue weighted by molar-refractivity contribution is 0.174. The third-order valence-corrected chi connectivity index (χ3v) is 5.30. The molecule has 1 aromatic rings. The van der Waals surface area contributed by atoms with Gasteiger partial charge in [0.15, 0.2) is 11.5 Å². The van der Waals surface area contributed by atoms with E-state index in [4.69, 9.17) is 9.47 Å². The van der Waals surface area contributed by atoms with Crippen molar-refractivity contribution in [1.29, 1.82) is 0 Å². The molecule has 1 saturated heterocycles. The topological polar surface area (TPSA) is 21.7 Å². The summed E-state index contributed by atoms with van der Waals surface area (Å²) in [6.07, 6.45) is 7.62. The molecule has 2 heterocycles. The van der Waals surface area contributed by atoms with Gasteiger partial charge in [0.05, 0.1) is 0 Å². The lowest BCUT2D eigenvalue weighted by atomic mass is 9.95. The highest BCUT2D eigenvalue weighted by molar-refractivity contribution is 9.10. The van der Waals surface area contributed by atoms with Crippen LogP contribution in [0.15, 0.2) is 28.3 Å². The molecule has 1 aromatic carbocycles. The van der Waals surface area contributed by atoms with Crippen LogP contribution in [0.3, 0.4) is 0 Å². The third kappa shape index (κ3) is 2.15. The molecule has 0 saturated carbocycles. The molecule has 2 aliphatic heterocycles. The second-order valence-electron chi connectivity index (χ2n) is 5.74. The summed E-state index contributed by atoms with van der Waals surface area (Å²) >= 11 is 3.67. The zero-order chi connectivity index (χ0) is 13.5. The molecule has 106 valence electrons. The fourth-order valence-corrected chi connectivity index (χ4v) is 3.97. The largest absolute Gasteiger partial charge is 0.454 e. The predicted molar refractivity (Wildman–Crippen MR) is 81.0 cm³/mol. The number of nitrogens with zero attached hydrogens (tertiary/aromatic N) is 1. The normalized spacial score (nSPS) is 24.6. The molecular formula is C16H18BrNO2. The maximum Gasteiger partial charge on any atom is 0.231 e. The SMILES string of the molecule is Brc1cc2c(cc1CN1CCC3=CCCCC31)OCO2. The van der Waals surface area contributed by atoms with Gasteiger partial charge in [-0.25, -0.2) is 0 Å². The van der Waals surface area contributed by atoms with E-state index in [0.29, 0.717) is 12.8 Å². The van der Waals surface area contributed by atoms with Crippen LogP contribution in [0.1, 0.15) is 31.2 Å².